The molecule has 0 fully saturated rings. The van der Waals surface area contributed by atoms with Crippen molar-refractivity contribution in [3.63, 3.8) is 0 Å². The van der Waals surface area contributed by atoms with Crippen LogP contribution in [0.5, 0.6) is 0 Å². The molecule has 0 unspecified atom stereocenters. The van der Waals surface area contributed by atoms with Gasteiger partial charge in [0.1, 0.15) is 0 Å². The number of rotatable bonds is 8. The molecule has 0 saturated heterocycles. The number of hydrogen-bond donors (Lipinski definition) is 0. The summed E-state index contributed by atoms with van der Waals surface area (Å²) in [6, 6.07) is 6.28. The van der Waals surface area contributed by atoms with Crippen LogP contribution in [0.1, 0.15) is 31.7 Å². The van der Waals surface area contributed by atoms with E-state index < -0.39 is 0 Å². The fourth-order valence-electron chi connectivity index (χ4n) is 2.61. The zero-order valence-electron chi connectivity index (χ0n) is 14.1. The molecule has 0 radical (unpaired) electrons. The summed E-state index contributed by atoms with van der Waals surface area (Å²) in [6.07, 6.45) is 4.53. The Hall–Kier alpha value is -1.33. The lowest BCUT2D eigenvalue weighted by Crippen LogP contribution is -2.11. The number of benzene rings is 1. The molecule has 4 nitrogen and oxygen atoms in total. The summed E-state index contributed by atoms with van der Waals surface area (Å²) in [5.41, 5.74) is 2.43. The van der Waals surface area contributed by atoms with Crippen molar-refractivity contribution in [2.45, 2.75) is 39.3 Å². The molecule has 0 aliphatic heterocycles. The van der Waals surface area contributed by atoms with Crippen molar-refractivity contribution in [1.29, 1.82) is 0 Å². The quantitative estimate of drug-likeness (QED) is 0.508. The van der Waals surface area contributed by atoms with Crippen LogP contribution in [0, 0.1) is 0 Å². The first kappa shape index (κ1) is 18.0. The predicted molar refractivity (Wildman–Crippen MR) is 97.5 cm³/mol. The van der Waals surface area contributed by atoms with Gasteiger partial charge in [0.2, 0.25) is 0 Å². The number of ether oxygens (including phenoxy) is 1. The Morgan fingerprint density at radius 2 is 2.13 bits per heavy atom. The van der Waals surface area contributed by atoms with Crippen LogP contribution in [0.15, 0.2) is 28.9 Å². The smallest absolute Gasteiger partial charge is 0.307 e. The minimum atomic E-state index is -0.119. The van der Waals surface area contributed by atoms with E-state index in [-0.39, 0.29) is 5.97 Å². The van der Waals surface area contributed by atoms with Gasteiger partial charge in [-0.1, -0.05) is 29.3 Å². The Balaban J connectivity index is 2.12. The van der Waals surface area contributed by atoms with Crippen LogP contribution in [0.2, 0.25) is 0 Å². The largest absolute Gasteiger partial charge is 0.466 e. The van der Waals surface area contributed by atoms with Crippen LogP contribution < -0.4 is 0 Å². The van der Waals surface area contributed by atoms with E-state index >= 15 is 0 Å². The van der Waals surface area contributed by atoms with Gasteiger partial charge in [-0.2, -0.15) is 0 Å². The molecule has 0 bridgehead atoms. The molecule has 0 saturated carbocycles. The molecule has 0 N–H and O–H groups in total. The van der Waals surface area contributed by atoms with E-state index in [4.69, 9.17) is 4.74 Å². The minimum absolute atomic E-state index is 0.119. The van der Waals surface area contributed by atoms with Crippen molar-refractivity contribution >= 4 is 32.8 Å². The maximum Gasteiger partial charge on any atom is 0.307 e. The van der Waals surface area contributed by atoms with E-state index in [0.29, 0.717) is 19.6 Å². The van der Waals surface area contributed by atoms with Gasteiger partial charge in [0.25, 0.3) is 0 Å². The first-order valence-corrected chi connectivity index (χ1v) is 8.88. The number of carbonyl (C=O) groups excluding carboxylic acids is 1. The topological polar surface area (TPSA) is 34.5 Å². The van der Waals surface area contributed by atoms with Crippen LogP contribution in [-0.2, 0) is 22.6 Å². The molecule has 1 aromatic heterocycles. The zero-order valence-corrected chi connectivity index (χ0v) is 15.7. The normalized spacial score (nSPS) is 11.3. The minimum Gasteiger partial charge on any atom is -0.466 e. The lowest BCUT2D eigenvalue weighted by molar-refractivity contribution is -0.144. The summed E-state index contributed by atoms with van der Waals surface area (Å²) in [6.45, 7) is 4.14. The number of aryl methyl sites for hydroxylation is 1. The maximum absolute atomic E-state index is 11.8. The van der Waals surface area contributed by atoms with E-state index in [1.165, 1.54) is 10.9 Å². The van der Waals surface area contributed by atoms with Crippen molar-refractivity contribution in [1.82, 2.24) is 9.47 Å². The molecular formula is C18H25BrN2O2. The highest BCUT2D eigenvalue weighted by molar-refractivity contribution is 9.10. The zero-order chi connectivity index (χ0) is 16.8. The van der Waals surface area contributed by atoms with Gasteiger partial charge in [0.15, 0.2) is 0 Å². The Kier molecular flexibility index (Phi) is 6.66. The van der Waals surface area contributed by atoms with E-state index in [9.17, 15) is 4.79 Å². The van der Waals surface area contributed by atoms with E-state index in [2.05, 4.69) is 64.7 Å². The van der Waals surface area contributed by atoms with Crippen molar-refractivity contribution in [3.05, 3.63) is 34.4 Å². The van der Waals surface area contributed by atoms with Gasteiger partial charge in [0.05, 0.1) is 13.0 Å². The summed E-state index contributed by atoms with van der Waals surface area (Å²) in [5, 5.41) is 1.23. The molecule has 0 aliphatic carbocycles. The number of halogens is 1. The van der Waals surface area contributed by atoms with Crippen molar-refractivity contribution in [2.75, 3.05) is 20.7 Å². The van der Waals surface area contributed by atoms with Gasteiger partial charge in [0, 0.05) is 34.7 Å². The van der Waals surface area contributed by atoms with Crippen LogP contribution in [0.3, 0.4) is 0 Å². The molecular weight excluding hydrogens is 356 g/mol. The number of esters is 1. The number of fused-ring (bicyclic) bond motifs is 1. The second-order valence-corrected chi connectivity index (χ2v) is 6.99. The fraction of sp³-hybridized carbons (Fsp3) is 0.500. The van der Waals surface area contributed by atoms with Gasteiger partial charge in [-0.15, -0.1) is 0 Å². The van der Waals surface area contributed by atoms with Crippen molar-refractivity contribution < 1.29 is 9.53 Å². The first-order chi connectivity index (χ1) is 11.0. The average Bonchev–Trinajstić information content (AvgIpc) is 2.82. The lowest BCUT2D eigenvalue weighted by atomic mass is 10.2. The Morgan fingerprint density at radius 3 is 2.83 bits per heavy atom. The summed E-state index contributed by atoms with van der Waals surface area (Å²) >= 11 is 3.54. The number of unbranched alkanes of at least 4 members (excludes halogenated alkanes) is 1. The Morgan fingerprint density at radius 1 is 1.35 bits per heavy atom. The van der Waals surface area contributed by atoms with E-state index in [1.807, 2.05) is 6.07 Å². The monoisotopic (exact) mass is 380 g/mol. The third-order valence-electron chi connectivity index (χ3n) is 3.73. The van der Waals surface area contributed by atoms with Crippen LogP contribution in [0.25, 0.3) is 10.9 Å². The second kappa shape index (κ2) is 8.50. The third kappa shape index (κ3) is 5.08. The molecule has 0 amide bonds. The number of aromatic nitrogens is 1. The first-order valence-electron chi connectivity index (χ1n) is 8.09. The molecule has 0 spiro atoms. The second-order valence-electron chi connectivity index (χ2n) is 6.07. The van der Waals surface area contributed by atoms with Crippen molar-refractivity contribution in [3.8, 4) is 0 Å². The molecule has 0 atom stereocenters. The number of carbonyl (C=O) groups is 1. The Labute approximate surface area is 146 Å². The van der Waals surface area contributed by atoms with Gasteiger partial charge < -0.3 is 14.2 Å². The van der Waals surface area contributed by atoms with Gasteiger partial charge >= 0.3 is 5.97 Å². The molecule has 23 heavy (non-hydrogen) atoms. The maximum atomic E-state index is 11.8. The SMILES string of the molecule is CCCCOC(=O)CCn1cc(CN(C)C)c2cc(Br)ccc21. The van der Waals surface area contributed by atoms with Crippen molar-refractivity contribution in [2.24, 2.45) is 0 Å². The Bertz CT molecular complexity index is 664. The van der Waals surface area contributed by atoms with Gasteiger partial charge in [-0.25, -0.2) is 0 Å². The highest BCUT2D eigenvalue weighted by Crippen LogP contribution is 2.26. The summed E-state index contributed by atoms with van der Waals surface area (Å²) in [4.78, 5) is 14.0. The fourth-order valence-corrected chi connectivity index (χ4v) is 2.97. The molecule has 5 heteroatoms. The van der Waals surface area contributed by atoms with Crippen LogP contribution in [0.4, 0.5) is 0 Å². The van der Waals surface area contributed by atoms with Gasteiger partial charge in [-0.3, -0.25) is 4.79 Å². The van der Waals surface area contributed by atoms with Crippen LogP contribution >= 0.6 is 15.9 Å². The predicted octanol–water partition coefficient (Wildman–Crippen LogP) is 4.20. The van der Waals surface area contributed by atoms with Gasteiger partial charge in [-0.05, 0) is 44.3 Å². The third-order valence-corrected chi connectivity index (χ3v) is 4.22. The lowest BCUT2D eigenvalue weighted by Gasteiger charge is -2.08. The molecule has 2 aromatic rings. The highest BCUT2D eigenvalue weighted by atomic mass is 79.9. The average molecular weight is 381 g/mol. The summed E-state index contributed by atoms with van der Waals surface area (Å²) < 4.78 is 8.46. The summed E-state index contributed by atoms with van der Waals surface area (Å²) in [7, 11) is 4.12. The standard InChI is InChI=1S/C18H25BrN2O2/c1-4-5-10-23-18(22)8-9-21-13-14(12-20(2)3)16-11-15(19)6-7-17(16)21/h6-7,11,13H,4-5,8-10,12H2,1-3H3. The van der Waals surface area contributed by atoms with E-state index in [1.54, 1.807) is 0 Å². The molecule has 126 valence electrons. The number of nitrogens with zero attached hydrogens (tertiary/aromatic N) is 2. The molecule has 0 aliphatic rings. The molecule has 1 heterocycles. The molecule has 1 aromatic carbocycles. The molecule has 2 rings (SSSR count). The summed E-state index contributed by atoms with van der Waals surface area (Å²) in [5.74, 6) is -0.119. The van der Waals surface area contributed by atoms with E-state index in [0.717, 1.165) is 29.4 Å². The van der Waals surface area contributed by atoms with Crippen LogP contribution in [-0.4, -0.2) is 36.1 Å². The highest BCUT2D eigenvalue weighted by Gasteiger charge is 2.11. The number of hydrogen-bond acceptors (Lipinski definition) is 3.